The fourth-order valence-corrected chi connectivity index (χ4v) is 4.62. The van der Waals surface area contributed by atoms with Gasteiger partial charge >= 0.3 is 0 Å². The second-order valence-electron chi connectivity index (χ2n) is 8.54. The minimum Gasteiger partial charge on any atom is -0.344 e. The summed E-state index contributed by atoms with van der Waals surface area (Å²) < 4.78 is 6.23. The van der Waals surface area contributed by atoms with Gasteiger partial charge in [0.05, 0.1) is 6.61 Å². The smallest absolute Gasteiger partial charge is 0.201 e. The van der Waals surface area contributed by atoms with Crippen molar-refractivity contribution in [1.82, 2.24) is 0 Å². The molecule has 0 bridgehead atoms. The molecule has 1 heterocycles. The third-order valence-electron chi connectivity index (χ3n) is 6.58. The van der Waals surface area contributed by atoms with Gasteiger partial charge in [0.15, 0.2) is 0 Å². The fourth-order valence-electron chi connectivity index (χ4n) is 4.62. The summed E-state index contributed by atoms with van der Waals surface area (Å²) in [5, 5.41) is 0. The Morgan fingerprint density at radius 3 is 2.00 bits per heavy atom. The predicted octanol–water partition coefficient (Wildman–Crippen LogP) is 6.77. The Bertz CT molecular complexity index is 993. The molecule has 1 unspecified atom stereocenters. The lowest BCUT2D eigenvalue weighted by atomic mass is 9.81. The van der Waals surface area contributed by atoms with Crippen LogP contribution >= 0.6 is 0 Å². The number of ether oxygens (including phenoxy) is 1. The van der Waals surface area contributed by atoms with Crippen LogP contribution in [0.4, 0.5) is 0 Å². The van der Waals surface area contributed by atoms with E-state index in [1.807, 2.05) is 6.07 Å². The van der Waals surface area contributed by atoms with Gasteiger partial charge in [0, 0.05) is 12.8 Å². The van der Waals surface area contributed by atoms with Gasteiger partial charge in [-0.15, -0.1) is 0 Å². The molecule has 2 fully saturated rings. The monoisotopic (exact) mass is 412 g/mol. The first-order valence-corrected chi connectivity index (χ1v) is 11.1. The molecule has 3 aromatic carbocycles. The Morgan fingerprint density at radius 1 is 0.774 bits per heavy atom. The molecule has 3 nitrogen and oxygen atoms in total. The standard InChI is InChI=1S/C28H28O3/c1-21(22-12-14-25(15-13-22)23-8-4-2-5-9-23)27-20-29-28(31-30-27)18-16-26(17-19-28)24-10-6-3-7-11-24/h2-15,26-27H,1,16-20H2. The van der Waals surface area contributed by atoms with Crippen LogP contribution in [0.2, 0.25) is 0 Å². The molecule has 1 saturated carbocycles. The Kier molecular flexibility index (Phi) is 5.73. The SMILES string of the molecule is C=C(c1ccc(-c2ccccc2)cc1)C1COC2(CCC(c3ccccc3)CC2)OO1. The topological polar surface area (TPSA) is 27.7 Å². The van der Waals surface area contributed by atoms with Crippen molar-refractivity contribution in [2.24, 2.45) is 0 Å². The summed E-state index contributed by atoms with van der Waals surface area (Å²) in [6, 6.07) is 29.5. The van der Waals surface area contributed by atoms with Crippen molar-refractivity contribution in [1.29, 1.82) is 0 Å². The van der Waals surface area contributed by atoms with Gasteiger partial charge in [-0.25, -0.2) is 9.78 Å². The molecule has 1 atom stereocenters. The minimum absolute atomic E-state index is 0.292. The number of rotatable bonds is 4. The second kappa shape index (κ2) is 8.80. The van der Waals surface area contributed by atoms with Crippen LogP contribution in [0.15, 0.2) is 91.5 Å². The molecular weight excluding hydrogens is 384 g/mol. The summed E-state index contributed by atoms with van der Waals surface area (Å²) in [6.07, 6.45) is 3.48. The molecule has 3 aromatic rings. The molecular formula is C28H28O3. The van der Waals surface area contributed by atoms with Crippen LogP contribution in [0, 0.1) is 0 Å². The number of benzene rings is 3. The minimum atomic E-state index is -0.612. The summed E-state index contributed by atoms with van der Waals surface area (Å²) in [4.78, 5) is 11.7. The second-order valence-corrected chi connectivity index (χ2v) is 8.54. The van der Waals surface area contributed by atoms with Gasteiger partial charge < -0.3 is 4.74 Å². The molecule has 1 aliphatic carbocycles. The maximum atomic E-state index is 6.23. The molecule has 3 heteroatoms. The zero-order valence-electron chi connectivity index (χ0n) is 17.7. The summed E-state index contributed by atoms with van der Waals surface area (Å²) in [5.41, 5.74) is 5.71. The molecule has 0 radical (unpaired) electrons. The molecule has 1 saturated heterocycles. The van der Waals surface area contributed by atoms with Crippen molar-refractivity contribution in [2.45, 2.75) is 43.5 Å². The first kappa shape index (κ1) is 20.2. The van der Waals surface area contributed by atoms with Crippen LogP contribution in [0.1, 0.15) is 42.7 Å². The van der Waals surface area contributed by atoms with Crippen LogP contribution < -0.4 is 0 Å². The van der Waals surface area contributed by atoms with Crippen LogP contribution in [0.5, 0.6) is 0 Å². The van der Waals surface area contributed by atoms with Gasteiger partial charge in [-0.1, -0.05) is 91.5 Å². The van der Waals surface area contributed by atoms with Gasteiger partial charge in [-0.05, 0) is 46.6 Å². The van der Waals surface area contributed by atoms with Crippen LogP contribution in [-0.2, 0) is 14.5 Å². The third kappa shape index (κ3) is 4.35. The first-order valence-electron chi connectivity index (χ1n) is 11.1. The molecule has 0 aromatic heterocycles. The highest BCUT2D eigenvalue weighted by Crippen LogP contribution is 2.43. The Labute approximate surface area is 184 Å². The van der Waals surface area contributed by atoms with Crippen LogP contribution in [-0.4, -0.2) is 18.5 Å². The van der Waals surface area contributed by atoms with Crippen LogP contribution in [0.25, 0.3) is 16.7 Å². The van der Waals surface area contributed by atoms with E-state index >= 15 is 0 Å². The molecule has 31 heavy (non-hydrogen) atoms. The van der Waals surface area contributed by atoms with E-state index in [0.717, 1.165) is 36.8 Å². The molecule has 0 amide bonds. The summed E-state index contributed by atoms with van der Waals surface area (Å²) in [6.45, 7) is 4.72. The van der Waals surface area contributed by atoms with Gasteiger partial charge in [0.25, 0.3) is 0 Å². The lowest BCUT2D eigenvalue weighted by Crippen LogP contribution is -2.47. The molecule has 2 aliphatic rings. The number of hydrogen-bond donors (Lipinski definition) is 0. The van der Waals surface area contributed by atoms with Crippen molar-refractivity contribution in [3.8, 4) is 11.1 Å². The summed E-state index contributed by atoms with van der Waals surface area (Å²) in [5.74, 6) is -0.0472. The Balaban J connectivity index is 1.18. The molecule has 5 rings (SSSR count). The van der Waals surface area contributed by atoms with Crippen molar-refractivity contribution >= 4 is 5.57 Å². The van der Waals surface area contributed by atoms with Gasteiger partial charge in [0.2, 0.25) is 5.79 Å². The Hall–Kier alpha value is -2.72. The first-order chi connectivity index (χ1) is 15.2. The largest absolute Gasteiger partial charge is 0.344 e. The van der Waals surface area contributed by atoms with Crippen LogP contribution in [0.3, 0.4) is 0 Å². The number of hydrogen-bond acceptors (Lipinski definition) is 3. The van der Waals surface area contributed by atoms with Gasteiger partial charge in [0.1, 0.15) is 6.10 Å². The van der Waals surface area contributed by atoms with Gasteiger partial charge in [-0.3, -0.25) is 0 Å². The van der Waals surface area contributed by atoms with E-state index in [-0.39, 0.29) is 6.10 Å². The highest BCUT2D eigenvalue weighted by molar-refractivity contribution is 5.71. The van der Waals surface area contributed by atoms with E-state index in [1.54, 1.807) is 0 Å². The maximum absolute atomic E-state index is 6.23. The quantitative estimate of drug-likeness (QED) is 0.443. The molecule has 1 spiro atoms. The summed E-state index contributed by atoms with van der Waals surface area (Å²) in [7, 11) is 0. The zero-order chi connectivity index (χ0) is 21.1. The highest BCUT2D eigenvalue weighted by Gasteiger charge is 2.43. The lowest BCUT2D eigenvalue weighted by Gasteiger charge is -2.43. The van der Waals surface area contributed by atoms with E-state index in [0.29, 0.717) is 12.5 Å². The highest BCUT2D eigenvalue weighted by atomic mass is 17.2. The normalized spacial score (nSPS) is 25.9. The van der Waals surface area contributed by atoms with E-state index in [1.165, 1.54) is 16.7 Å². The molecule has 0 N–H and O–H groups in total. The average Bonchev–Trinajstić information content (AvgIpc) is 2.86. The molecule has 1 aliphatic heterocycles. The van der Waals surface area contributed by atoms with Crippen molar-refractivity contribution in [2.75, 3.05) is 6.61 Å². The van der Waals surface area contributed by atoms with Crippen molar-refractivity contribution in [3.63, 3.8) is 0 Å². The summed E-state index contributed by atoms with van der Waals surface area (Å²) >= 11 is 0. The third-order valence-corrected chi connectivity index (χ3v) is 6.58. The van der Waals surface area contributed by atoms with E-state index < -0.39 is 5.79 Å². The van der Waals surface area contributed by atoms with E-state index in [9.17, 15) is 0 Å². The van der Waals surface area contributed by atoms with E-state index in [4.69, 9.17) is 14.5 Å². The molecule has 158 valence electrons. The zero-order valence-corrected chi connectivity index (χ0v) is 17.7. The Morgan fingerprint density at radius 2 is 1.39 bits per heavy atom. The van der Waals surface area contributed by atoms with E-state index in [2.05, 4.69) is 85.4 Å². The fraction of sp³-hybridized carbons (Fsp3) is 0.286. The van der Waals surface area contributed by atoms with Crippen molar-refractivity contribution in [3.05, 3.63) is 103 Å². The lowest BCUT2D eigenvalue weighted by molar-refractivity contribution is -0.483. The van der Waals surface area contributed by atoms with Crippen molar-refractivity contribution < 1.29 is 14.5 Å². The maximum Gasteiger partial charge on any atom is 0.201 e. The predicted molar refractivity (Wildman–Crippen MR) is 123 cm³/mol. The van der Waals surface area contributed by atoms with Gasteiger partial charge in [-0.2, -0.15) is 0 Å². The average molecular weight is 413 g/mol.